The Labute approximate surface area is 172 Å². The smallest absolute Gasteiger partial charge is 0.295 e. The number of imidazole rings is 1. The fourth-order valence-electron chi connectivity index (χ4n) is 3.22. The lowest BCUT2D eigenvalue weighted by Gasteiger charge is -2.07. The van der Waals surface area contributed by atoms with Gasteiger partial charge in [0.05, 0.1) is 17.3 Å². The first kappa shape index (κ1) is 19.3. The first-order valence-electron chi connectivity index (χ1n) is 9.38. The molecule has 0 saturated heterocycles. The molecule has 0 aliphatic rings. The molecule has 0 aliphatic heterocycles. The van der Waals surface area contributed by atoms with Gasteiger partial charge in [0.25, 0.3) is 5.91 Å². The number of pyridine rings is 1. The number of carbonyl (C=O) groups is 1. The lowest BCUT2D eigenvalue weighted by Crippen LogP contribution is -2.24. The number of amides is 1. The van der Waals surface area contributed by atoms with Crippen molar-refractivity contribution >= 4 is 17.1 Å². The molecule has 8 heteroatoms. The first-order valence-corrected chi connectivity index (χ1v) is 9.38. The van der Waals surface area contributed by atoms with Crippen molar-refractivity contribution in [3.63, 3.8) is 0 Å². The van der Waals surface area contributed by atoms with Gasteiger partial charge in [0.2, 0.25) is 0 Å². The number of aromatic amines is 1. The minimum absolute atomic E-state index is 0.318. The largest absolute Gasteiger partial charge is 0.345 e. The fourth-order valence-corrected chi connectivity index (χ4v) is 3.22. The van der Waals surface area contributed by atoms with E-state index in [0.717, 1.165) is 16.6 Å². The van der Waals surface area contributed by atoms with Crippen LogP contribution in [0.3, 0.4) is 0 Å². The SMILES string of the molecule is CC#CC(=O)NCCc1ccc(-c2ccnc3nc(-c4cnn(C)c4)[nH]c23)cc1F. The van der Waals surface area contributed by atoms with Crippen molar-refractivity contribution in [2.24, 2.45) is 7.05 Å². The highest BCUT2D eigenvalue weighted by Gasteiger charge is 2.14. The Bertz CT molecular complexity index is 1290. The van der Waals surface area contributed by atoms with E-state index in [9.17, 15) is 9.18 Å². The molecule has 0 aliphatic carbocycles. The number of nitrogens with one attached hydrogen (secondary N) is 2. The van der Waals surface area contributed by atoms with Crippen molar-refractivity contribution < 1.29 is 9.18 Å². The molecule has 4 rings (SSSR count). The van der Waals surface area contributed by atoms with Crippen molar-refractivity contribution in [2.45, 2.75) is 13.3 Å². The van der Waals surface area contributed by atoms with Gasteiger partial charge in [-0.2, -0.15) is 5.10 Å². The topological polar surface area (TPSA) is 88.5 Å². The number of carbonyl (C=O) groups excluding carboxylic acids is 1. The predicted octanol–water partition coefficient (Wildman–Crippen LogP) is 2.85. The summed E-state index contributed by atoms with van der Waals surface area (Å²) in [7, 11) is 1.84. The second kappa shape index (κ2) is 8.17. The number of hydrogen-bond donors (Lipinski definition) is 2. The highest BCUT2D eigenvalue weighted by atomic mass is 19.1. The number of aromatic nitrogens is 5. The molecule has 30 heavy (non-hydrogen) atoms. The zero-order valence-electron chi connectivity index (χ0n) is 16.5. The van der Waals surface area contributed by atoms with Crippen LogP contribution in [-0.2, 0) is 18.3 Å². The summed E-state index contributed by atoms with van der Waals surface area (Å²) >= 11 is 0. The van der Waals surface area contributed by atoms with Crippen molar-refractivity contribution in [3.05, 3.63) is 54.2 Å². The van der Waals surface area contributed by atoms with Crippen molar-refractivity contribution in [1.82, 2.24) is 30.0 Å². The Morgan fingerprint density at radius 3 is 2.90 bits per heavy atom. The summed E-state index contributed by atoms with van der Waals surface area (Å²) in [5, 5.41) is 6.81. The number of aryl methyl sites for hydroxylation is 1. The van der Waals surface area contributed by atoms with Crippen LogP contribution in [0.5, 0.6) is 0 Å². The molecule has 2 N–H and O–H groups in total. The van der Waals surface area contributed by atoms with Crippen LogP contribution < -0.4 is 5.32 Å². The summed E-state index contributed by atoms with van der Waals surface area (Å²) in [6.07, 6.45) is 5.61. The maximum Gasteiger partial charge on any atom is 0.295 e. The number of hydrogen-bond acceptors (Lipinski definition) is 4. The summed E-state index contributed by atoms with van der Waals surface area (Å²) in [5.74, 6) is 4.88. The quantitative estimate of drug-likeness (QED) is 0.503. The summed E-state index contributed by atoms with van der Waals surface area (Å²) in [6.45, 7) is 1.91. The van der Waals surface area contributed by atoms with E-state index in [2.05, 4.69) is 37.2 Å². The van der Waals surface area contributed by atoms with E-state index in [1.165, 1.54) is 6.07 Å². The fraction of sp³-hybridized carbons (Fsp3) is 0.182. The molecule has 3 heterocycles. The lowest BCUT2D eigenvalue weighted by molar-refractivity contribution is -0.115. The number of halogens is 1. The molecular weight excluding hydrogens is 383 g/mol. The number of rotatable bonds is 5. The van der Waals surface area contributed by atoms with Gasteiger partial charge in [0.1, 0.15) is 11.6 Å². The van der Waals surface area contributed by atoms with E-state index in [1.807, 2.05) is 25.4 Å². The molecule has 0 spiro atoms. The molecule has 0 radical (unpaired) electrons. The molecule has 1 aromatic carbocycles. The van der Waals surface area contributed by atoms with Crippen molar-refractivity contribution in [3.8, 4) is 34.4 Å². The molecule has 0 bridgehead atoms. The summed E-state index contributed by atoms with van der Waals surface area (Å²) in [6, 6.07) is 6.90. The molecule has 150 valence electrons. The van der Waals surface area contributed by atoms with Crippen LogP contribution in [0, 0.1) is 17.7 Å². The third-order valence-corrected chi connectivity index (χ3v) is 4.65. The number of H-pyrrole nitrogens is 1. The Morgan fingerprint density at radius 1 is 1.30 bits per heavy atom. The van der Waals surface area contributed by atoms with Crippen LogP contribution in [0.15, 0.2) is 42.9 Å². The van der Waals surface area contributed by atoms with Crippen LogP contribution in [0.4, 0.5) is 4.39 Å². The molecule has 0 unspecified atom stereocenters. The van der Waals surface area contributed by atoms with Gasteiger partial charge in [-0.3, -0.25) is 9.48 Å². The van der Waals surface area contributed by atoms with Gasteiger partial charge in [-0.05, 0) is 42.5 Å². The molecule has 4 aromatic rings. The average Bonchev–Trinajstić information content (AvgIpc) is 3.35. The minimum atomic E-state index is -0.364. The zero-order valence-corrected chi connectivity index (χ0v) is 16.5. The molecule has 1 amide bonds. The predicted molar refractivity (Wildman–Crippen MR) is 112 cm³/mol. The molecular formula is C22H19FN6O. The van der Waals surface area contributed by atoms with Crippen LogP contribution in [0.1, 0.15) is 12.5 Å². The standard InChI is InChI=1S/C22H19FN6O/c1-3-4-19(30)24-9-7-14-5-6-15(11-18(14)23)17-8-10-25-22-20(17)27-21(28-22)16-12-26-29(2)13-16/h5-6,8,10-13H,7,9H2,1-2H3,(H,24,30)(H,25,27,28). The zero-order chi connectivity index (χ0) is 21.1. The second-order valence-corrected chi connectivity index (χ2v) is 6.73. The van der Waals surface area contributed by atoms with Crippen LogP contribution in [0.2, 0.25) is 0 Å². The Kier molecular flexibility index (Phi) is 5.26. The van der Waals surface area contributed by atoms with E-state index >= 15 is 0 Å². The van der Waals surface area contributed by atoms with Gasteiger partial charge in [0.15, 0.2) is 5.65 Å². The summed E-state index contributed by atoms with van der Waals surface area (Å²) in [5.41, 5.74) is 4.17. The minimum Gasteiger partial charge on any atom is -0.345 e. The van der Waals surface area contributed by atoms with E-state index < -0.39 is 0 Å². The van der Waals surface area contributed by atoms with Gasteiger partial charge in [-0.1, -0.05) is 18.1 Å². The van der Waals surface area contributed by atoms with Crippen molar-refractivity contribution in [1.29, 1.82) is 0 Å². The monoisotopic (exact) mass is 402 g/mol. The van der Waals surface area contributed by atoms with Crippen LogP contribution >= 0.6 is 0 Å². The highest BCUT2D eigenvalue weighted by Crippen LogP contribution is 2.29. The number of fused-ring (bicyclic) bond motifs is 1. The Balaban J connectivity index is 1.60. The molecule has 3 aromatic heterocycles. The van der Waals surface area contributed by atoms with Gasteiger partial charge in [-0.25, -0.2) is 14.4 Å². The van der Waals surface area contributed by atoms with E-state index in [-0.39, 0.29) is 11.7 Å². The number of benzene rings is 1. The number of nitrogens with zero attached hydrogens (tertiary/aromatic N) is 4. The molecule has 0 fully saturated rings. The van der Waals surface area contributed by atoms with E-state index in [1.54, 1.807) is 30.1 Å². The normalized spacial score (nSPS) is 10.6. The van der Waals surface area contributed by atoms with Crippen LogP contribution in [0.25, 0.3) is 33.7 Å². The van der Waals surface area contributed by atoms with Crippen LogP contribution in [-0.4, -0.2) is 37.2 Å². The highest BCUT2D eigenvalue weighted by molar-refractivity contribution is 5.93. The first-order chi connectivity index (χ1) is 14.5. The molecule has 0 saturated carbocycles. The van der Waals surface area contributed by atoms with Gasteiger partial charge >= 0.3 is 0 Å². The molecule has 7 nitrogen and oxygen atoms in total. The average molecular weight is 402 g/mol. The Hall–Kier alpha value is -3.99. The maximum absolute atomic E-state index is 14.7. The van der Waals surface area contributed by atoms with E-state index in [0.29, 0.717) is 35.6 Å². The third kappa shape index (κ3) is 3.91. The van der Waals surface area contributed by atoms with E-state index in [4.69, 9.17) is 0 Å². The third-order valence-electron chi connectivity index (χ3n) is 4.65. The second-order valence-electron chi connectivity index (χ2n) is 6.73. The lowest BCUT2D eigenvalue weighted by atomic mass is 10.0. The van der Waals surface area contributed by atoms with Crippen molar-refractivity contribution in [2.75, 3.05) is 6.54 Å². The summed E-state index contributed by atoms with van der Waals surface area (Å²) in [4.78, 5) is 23.5. The van der Waals surface area contributed by atoms with Gasteiger partial charge < -0.3 is 10.3 Å². The Morgan fingerprint density at radius 2 is 2.17 bits per heavy atom. The molecule has 0 atom stereocenters. The summed E-state index contributed by atoms with van der Waals surface area (Å²) < 4.78 is 16.4. The van der Waals surface area contributed by atoms with Gasteiger partial charge in [0, 0.05) is 31.5 Å². The van der Waals surface area contributed by atoms with Gasteiger partial charge in [-0.15, -0.1) is 0 Å². The maximum atomic E-state index is 14.7.